The summed E-state index contributed by atoms with van der Waals surface area (Å²) < 4.78 is 11.3. The Bertz CT molecular complexity index is 1310. The molecule has 1 amide bonds. The van der Waals surface area contributed by atoms with Crippen molar-refractivity contribution in [3.05, 3.63) is 60.8 Å². The van der Waals surface area contributed by atoms with Crippen LogP contribution >= 0.6 is 0 Å². The second kappa shape index (κ2) is 52.3. The minimum atomic E-state index is -1.58. The molecular formula is C63H115NO8. The number of carbonyl (C=O) groups is 1. The molecule has 9 heteroatoms. The van der Waals surface area contributed by atoms with Gasteiger partial charge in [0.15, 0.2) is 6.29 Å². The van der Waals surface area contributed by atoms with E-state index in [0.717, 1.165) is 51.4 Å². The lowest BCUT2D eigenvalue weighted by molar-refractivity contribution is -0.302. The Morgan fingerprint density at radius 1 is 0.472 bits per heavy atom. The average Bonchev–Trinajstić information content (AvgIpc) is 3.38. The Kier molecular flexibility index (Phi) is 49.4. The number of rotatable bonds is 52. The lowest BCUT2D eigenvalue weighted by Crippen LogP contribution is -2.60. The van der Waals surface area contributed by atoms with Gasteiger partial charge in [-0.3, -0.25) is 4.79 Å². The Hall–Kier alpha value is -2.11. The number of ether oxygens (including phenoxy) is 2. The number of allylic oxidation sites excluding steroid dienone is 9. The van der Waals surface area contributed by atoms with Crippen molar-refractivity contribution in [3.8, 4) is 0 Å². The molecule has 7 atom stereocenters. The summed E-state index contributed by atoms with van der Waals surface area (Å²) in [6.45, 7) is 3.76. The molecule has 0 saturated carbocycles. The number of carbonyl (C=O) groups excluding carboxylic acids is 1. The fourth-order valence-corrected chi connectivity index (χ4v) is 9.46. The van der Waals surface area contributed by atoms with Gasteiger partial charge in [0.2, 0.25) is 5.91 Å². The third-order valence-corrected chi connectivity index (χ3v) is 14.3. The van der Waals surface area contributed by atoms with Crippen LogP contribution in [-0.2, 0) is 14.3 Å². The molecule has 1 aliphatic rings. The van der Waals surface area contributed by atoms with Crippen LogP contribution in [0.3, 0.4) is 0 Å². The van der Waals surface area contributed by atoms with Crippen molar-refractivity contribution in [3.63, 3.8) is 0 Å². The number of aliphatic hydroxyl groups excluding tert-OH is 5. The van der Waals surface area contributed by atoms with Crippen LogP contribution in [0.1, 0.15) is 277 Å². The predicted molar refractivity (Wildman–Crippen MR) is 304 cm³/mol. The van der Waals surface area contributed by atoms with E-state index >= 15 is 0 Å². The Labute approximate surface area is 443 Å². The van der Waals surface area contributed by atoms with Crippen LogP contribution in [0.15, 0.2) is 60.8 Å². The number of amides is 1. The number of nitrogens with one attached hydrogen (secondary N) is 1. The summed E-state index contributed by atoms with van der Waals surface area (Å²) in [4.78, 5) is 13.1. The zero-order chi connectivity index (χ0) is 52.2. The van der Waals surface area contributed by atoms with Gasteiger partial charge in [-0.05, 0) is 77.0 Å². The zero-order valence-electron chi connectivity index (χ0n) is 46.7. The van der Waals surface area contributed by atoms with E-state index in [1.807, 2.05) is 6.08 Å². The summed E-state index contributed by atoms with van der Waals surface area (Å²) in [5.74, 6) is -0.188. The summed E-state index contributed by atoms with van der Waals surface area (Å²) in [6, 6.07) is -0.829. The SMILES string of the molecule is CCCCCCC/C=C\C/C=C\CCCCCCCCCCCCCCCCCCCCCC(=O)NC(COC1OC(CO)C(O)C(O)C1O)C(O)/C=C/CC/C=C/CC/C=C/CCCCCCCCCC. The Balaban J connectivity index is 2.18. The average molecular weight is 1010 g/mol. The van der Waals surface area contributed by atoms with Crippen molar-refractivity contribution >= 4 is 5.91 Å². The normalized spacial score (nSPS) is 19.6. The van der Waals surface area contributed by atoms with Crippen molar-refractivity contribution in [1.29, 1.82) is 0 Å². The molecule has 9 nitrogen and oxygen atoms in total. The predicted octanol–water partition coefficient (Wildman–Crippen LogP) is 15.5. The molecule has 6 N–H and O–H groups in total. The summed E-state index contributed by atoms with van der Waals surface area (Å²) in [5.41, 5.74) is 0. The lowest BCUT2D eigenvalue weighted by atomic mass is 9.99. The van der Waals surface area contributed by atoms with Gasteiger partial charge in [-0.15, -0.1) is 0 Å². The monoisotopic (exact) mass is 1010 g/mol. The zero-order valence-corrected chi connectivity index (χ0v) is 46.7. The first-order valence-corrected chi connectivity index (χ1v) is 30.5. The van der Waals surface area contributed by atoms with Gasteiger partial charge in [0.1, 0.15) is 24.4 Å². The van der Waals surface area contributed by atoms with E-state index in [1.54, 1.807) is 6.08 Å². The van der Waals surface area contributed by atoms with Crippen LogP contribution in [-0.4, -0.2) is 87.5 Å². The Morgan fingerprint density at radius 3 is 1.25 bits per heavy atom. The van der Waals surface area contributed by atoms with Crippen LogP contribution in [0.5, 0.6) is 0 Å². The molecule has 0 aromatic heterocycles. The fraction of sp³-hybridized carbons (Fsp3) is 0.825. The third-order valence-electron chi connectivity index (χ3n) is 14.3. The molecule has 1 rings (SSSR count). The number of hydrogen-bond acceptors (Lipinski definition) is 8. The molecule has 1 fully saturated rings. The first-order chi connectivity index (χ1) is 35.3. The molecule has 7 unspecified atom stereocenters. The molecule has 1 heterocycles. The topological polar surface area (TPSA) is 149 Å². The first-order valence-electron chi connectivity index (χ1n) is 30.5. The Morgan fingerprint density at radius 2 is 0.833 bits per heavy atom. The van der Waals surface area contributed by atoms with Gasteiger partial charge in [-0.2, -0.15) is 0 Å². The minimum Gasteiger partial charge on any atom is -0.394 e. The maximum absolute atomic E-state index is 13.1. The minimum absolute atomic E-state index is 0.188. The van der Waals surface area contributed by atoms with Crippen LogP contribution in [0, 0.1) is 0 Å². The summed E-state index contributed by atoms with van der Waals surface area (Å²) in [7, 11) is 0. The van der Waals surface area contributed by atoms with Gasteiger partial charge in [0.25, 0.3) is 0 Å². The van der Waals surface area contributed by atoms with E-state index in [0.29, 0.717) is 6.42 Å². The summed E-state index contributed by atoms with van der Waals surface area (Å²) >= 11 is 0. The molecule has 72 heavy (non-hydrogen) atoms. The molecule has 0 aromatic carbocycles. The highest BCUT2D eigenvalue weighted by molar-refractivity contribution is 5.76. The largest absolute Gasteiger partial charge is 0.394 e. The lowest BCUT2D eigenvalue weighted by Gasteiger charge is -2.40. The summed E-state index contributed by atoms with van der Waals surface area (Å²) in [5, 5.41) is 54.5. The highest BCUT2D eigenvalue weighted by Crippen LogP contribution is 2.23. The quantitative estimate of drug-likeness (QED) is 0.0261. The molecule has 420 valence electrons. The van der Waals surface area contributed by atoms with E-state index in [1.165, 1.54) is 205 Å². The van der Waals surface area contributed by atoms with Crippen LogP contribution < -0.4 is 5.32 Å². The van der Waals surface area contributed by atoms with Gasteiger partial charge in [-0.25, -0.2) is 0 Å². The maximum atomic E-state index is 13.1. The van der Waals surface area contributed by atoms with Crippen molar-refractivity contribution in [2.24, 2.45) is 0 Å². The smallest absolute Gasteiger partial charge is 0.220 e. The fourth-order valence-electron chi connectivity index (χ4n) is 9.46. The van der Waals surface area contributed by atoms with Gasteiger partial charge < -0.3 is 40.3 Å². The number of unbranched alkanes of at least 4 members (excludes halogenated alkanes) is 34. The van der Waals surface area contributed by atoms with Crippen molar-refractivity contribution in [2.75, 3.05) is 13.2 Å². The number of aliphatic hydroxyl groups is 5. The van der Waals surface area contributed by atoms with E-state index in [9.17, 15) is 30.3 Å². The van der Waals surface area contributed by atoms with E-state index in [-0.39, 0.29) is 12.5 Å². The van der Waals surface area contributed by atoms with E-state index in [4.69, 9.17) is 9.47 Å². The van der Waals surface area contributed by atoms with E-state index in [2.05, 4.69) is 67.8 Å². The van der Waals surface area contributed by atoms with Crippen LogP contribution in [0.25, 0.3) is 0 Å². The van der Waals surface area contributed by atoms with Crippen molar-refractivity contribution < 1.29 is 39.8 Å². The molecule has 1 aliphatic heterocycles. The van der Waals surface area contributed by atoms with Crippen LogP contribution in [0.2, 0.25) is 0 Å². The standard InChI is InChI=1S/C63H115NO8/c1-3-5-7-9-11-13-15-17-19-21-23-24-25-26-27-28-29-30-31-32-33-34-35-37-39-41-43-45-47-49-51-53-59(67)64-56(55-71-63-62(70)61(69)60(68)58(54-65)72-63)57(66)52-50-48-46-44-42-40-38-36-22-20-18-16-14-12-10-8-6-4-2/h15,17,21-23,36,42,44,50,52,56-58,60-63,65-66,68-70H,3-14,16,18-20,24-35,37-41,43,45-49,51,53-55H2,1-2H3,(H,64,67)/b17-15-,23-21-,36-22+,44-42+,52-50+. The highest BCUT2D eigenvalue weighted by atomic mass is 16.7. The molecule has 0 aliphatic carbocycles. The van der Waals surface area contributed by atoms with Crippen LogP contribution in [0.4, 0.5) is 0 Å². The molecular weight excluding hydrogens is 899 g/mol. The molecule has 0 bridgehead atoms. The summed E-state index contributed by atoms with van der Waals surface area (Å²) in [6.07, 6.45) is 64.4. The maximum Gasteiger partial charge on any atom is 0.220 e. The van der Waals surface area contributed by atoms with E-state index < -0.39 is 49.5 Å². The van der Waals surface area contributed by atoms with Crippen molar-refractivity contribution in [2.45, 2.75) is 320 Å². The van der Waals surface area contributed by atoms with Crippen molar-refractivity contribution in [1.82, 2.24) is 5.32 Å². The van der Waals surface area contributed by atoms with Gasteiger partial charge in [0.05, 0.1) is 25.4 Å². The number of hydrogen-bond donors (Lipinski definition) is 6. The third kappa shape index (κ3) is 41.2. The van der Waals surface area contributed by atoms with Gasteiger partial charge in [-0.1, -0.05) is 254 Å². The highest BCUT2D eigenvalue weighted by Gasteiger charge is 2.44. The molecule has 0 radical (unpaired) electrons. The first kappa shape index (κ1) is 67.9. The van der Waals surface area contributed by atoms with Gasteiger partial charge in [0, 0.05) is 6.42 Å². The van der Waals surface area contributed by atoms with Gasteiger partial charge >= 0.3 is 0 Å². The molecule has 1 saturated heterocycles. The molecule has 0 spiro atoms. The molecule has 0 aromatic rings. The second-order valence-electron chi connectivity index (χ2n) is 21.1. The second-order valence-corrected chi connectivity index (χ2v) is 21.1.